The Morgan fingerprint density at radius 1 is 1.58 bits per heavy atom. The number of hydrogen-bond acceptors (Lipinski definition) is 3. The van der Waals surface area contributed by atoms with Gasteiger partial charge in [-0.05, 0) is 12.5 Å². The summed E-state index contributed by atoms with van der Waals surface area (Å²) in [5, 5.41) is 15.4. The molecule has 0 aliphatic heterocycles. The van der Waals surface area contributed by atoms with Crippen molar-refractivity contribution in [2.75, 3.05) is 0 Å². The van der Waals surface area contributed by atoms with Crippen molar-refractivity contribution in [3.63, 3.8) is 0 Å². The number of rotatable bonds is 7. The first-order valence-corrected chi connectivity index (χ1v) is 6.23. The molecule has 1 aromatic heterocycles. The molecule has 0 aromatic carbocycles. The molecule has 0 radical (unpaired) electrons. The van der Waals surface area contributed by atoms with Crippen molar-refractivity contribution in [3.05, 3.63) is 24.0 Å². The van der Waals surface area contributed by atoms with E-state index in [0.29, 0.717) is 6.42 Å². The van der Waals surface area contributed by atoms with Gasteiger partial charge in [0.15, 0.2) is 0 Å². The molecular formula is C13H19N3O3. The SMILES string of the molecule is CCCCC(NC(=O)/C=C/c1cnn(C)c1)C(=O)O. The lowest BCUT2D eigenvalue weighted by molar-refractivity contribution is -0.141. The summed E-state index contributed by atoms with van der Waals surface area (Å²) in [6.07, 6.45) is 8.40. The van der Waals surface area contributed by atoms with Crippen LogP contribution >= 0.6 is 0 Å². The van der Waals surface area contributed by atoms with Gasteiger partial charge in [-0.1, -0.05) is 19.8 Å². The first kappa shape index (κ1) is 14.9. The molecule has 6 heteroatoms. The Kier molecular flexibility index (Phi) is 5.78. The van der Waals surface area contributed by atoms with E-state index < -0.39 is 17.9 Å². The molecule has 1 amide bonds. The summed E-state index contributed by atoms with van der Waals surface area (Å²) in [5.41, 5.74) is 0.790. The fourth-order valence-corrected chi connectivity index (χ4v) is 1.58. The van der Waals surface area contributed by atoms with Gasteiger partial charge in [0.2, 0.25) is 5.91 Å². The van der Waals surface area contributed by atoms with Crippen LogP contribution in [0.4, 0.5) is 0 Å². The standard InChI is InChI=1S/C13H19N3O3/c1-3-4-5-11(13(18)19)15-12(17)7-6-10-8-14-16(2)9-10/h6-9,11H,3-5H2,1-2H3,(H,15,17)(H,18,19)/b7-6+. The molecule has 0 saturated carbocycles. The number of aromatic nitrogens is 2. The Morgan fingerprint density at radius 2 is 2.32 bits per heavy atom. The molecule has 0 aliphatic rings. The normalized spacial score (nSPS) is 12.5. The van der Waals surface area contributed by atoms with Gasteiger partial charge in [0.25, 0.3) is 0 Å². The molecule has 2 N–H and O–H groups in total. The lowest BCUT2D eigenvalue weighted by atomic mass is 10.1. The maximum atomic E-state index is 11.6. The molecule has 6 nitrogen and oxygen atoms in total. The van der Waals surface area contributed by atoms with Crippen LogP contribution in [0, 0.1) is 0 Å². The zero-order valence-corrected chi connectivity index (χ0v) is 11.2. The van der Waals surface area contributed by atoms with Crippen LogP contribution in [-0.4, -0.2) is 32.8 Å². The smallest absolute Gasteiger partial charge is 0.326 e. The number of aryl methyl sites for hydroxylation is 1. The lowest BCUT2D eigenvalue weighted by Gasteiger charge is -2.12. The predicted octanol–water partition coefficient (Wildman–Crippen LogP) is 1.19. The van der Waals surface area contributed by atoms with E-state index >= 15 is 0 Å². The summed E-state index contributed by atoms with van der Waals surface area (Å²) in [4.78, 5) is 22.6. The molecule has 0 bridgehead atoms. The molecule has 1 aromatic rings. The number of nitrogens with one attached hydrogen (secondary N) is 1. The van der Waals surface area contributed by atoms with Crippen molar-refractivity contribution in [1.29, 1.82) is 0 Å². The van der Waals surface area contributed by atoms with E-state index in [2.05, 4.69) is 10.4 Å². The monoisotopic (exact) mass is 265 g/mol. The molecule has 0 spiro atoms. The minimum absolute atomic E-state index is 0.410. The molecule has 0 fully saturated rings. The quantitative estimate of drug-likeness (QED) is 0.725. The Morgan fingerprint density at radius 3 is 2.84 bits per heavy atom. The topological polar surface area (TPSA) is 84.2 Å². The number of amides is 1. The first-order chi connectivity index (χ1) is 9.02. The summed E-state index contributed by atoms with van der Waals surface area (Å²) < 4.78 is 1.62. The maximum Gasteiger partial charge on any atom is 0.326 e. The molecule has 19 heavy (non-hydrogen) atoms. The Bertz CT molecular complexity index is 465. The molecular weight excluding hydrogens is 246 g/mol. The van der Waals surface area contributed by atoms with E-state index in [4.69, 9.17) is 5.11 Å². The zero-order valence-electron chi connectivity index (χ0n) is 11.2. The average molecular weight is 265 g/mol. The van der Waals surface area contributed by atoms with Gasteiger partial charge in [0, 0.05) is 24.9 Å². The number of carbonyl (C=O) groups excluding carboxylic acids is 1. The largest absolute Gasteiger partial charge is 0.480 e. The highest BCUT2D eigenvalue weighted by molar-refractivity contribution is 5.94. The van der Waals surface area contributed by atoms with Crippen molar-refractivity contribution in [2.45, 2.75) is 32.2 Å². The van der Waals surface area contributed by atoms with Gasteiger partial charge >= 0.3 is 5.97 Å². The van der Waals surface area contributed by atoms with Crippen molar-refractivity contribution in [3.8, 4) is 0 Å². The summed E-state index contributed by atoms with van der Waals surface area (Å²) in [5.74, 6) is -1.41. The third-order valence-electron chi connectivity index (χ3n) is 2.61. The molecule has 0 aliphatic carbocycles. The van der Waals surface area contributed by atoms with Gasteiger partial charge < -0.3 is 10.4 Å². The number of carbonyl (C=O) groups is 2. The second-order valence-corrected chi connectivity index (χ2v) is 4.32. The second kappa shape index (κ2) is 7.35. The van der Waals surface area contributed by atoms with Gasteiger partial charge in [-0.3, -0.25) is 9.48 Å². The van der Waals surface area contributed by atoms with Crippen LogP contribution in [0.3, 0.4) is 0 Å². The maximum absolute atomic E-state index is 11.6. The van der Waals surface area contributed by atoms with Crippen molar-refractivity contribution >= 4 is 18.0 Å². The highest BCUT2D eigenvalue weighted by atomic mass is 16.4. The van der Waals surface area contributed by atoms with Crippen LogP contribution in [0.2, 0.25) is 0 Å². The molecule has 1 rings (SSSR count). The second-order valence-electron chi connectivity index (χ2n) is 4.32. The van der Waals surface area contributed by atoms with Gasteiger partial charge in [0.1, 0.15) is 6.04 Å². The Labute approximate surface area is 112 Å². The summed E-state index contributed by atoms with van der Waals surface area (Å²) in [6, 6.07) is -0.828. The van der Waals surface area contributed by atoms with Gasteiger partial charge in [0.05, 0.1) is 6.20 Å². The summed E-state index contributed by atoms with van der Waals surface area (Å²) in [7, 11) is 1.78. The van der Waals surface area contributed by atoms with Crippen LogP contribution in [0.25, 0.3) is 6.08 Å². The van der Waals surface area contributed by atoms with Crippen LogP contribution < -0.4 is 5.32 Å². The summed E-state index contributed by atoms with van der Waals surface area (Å²) in [6.45, 7) is 1.98. The number of carboxylic acid groups (broad SMARTS) is 1. The first-order valence-electron chi connectivity index (χ1n) is 6.23. The lowest BCUT2D eigenvalue weighted by Crippen LogP contribution is -2.39. The van der Waals surface area contributed by atoms with Gasteiger partial charge in [-0.15, -0.1) is 0 Å². The van der Waals surface area contributed by atoms with Crippen molar-refractivity contribution in [2.24, 2.45) is 7.05 Å². The number of nitrogens with zero attached hydrogens (tertiary/aromatic N) is 2. The van der Waals surface area contributed by atoms with Gasteiger partial charge in [-0.2, -0.15) is 5.10 Å². The minimum Gasteiger partial charge on any atom is -0.480 e. The average Bonchev–Trinajstić information content (AvgIpc) is 2.77. The number of carboxylic acids is 1. The third kappa shape index (κ3) is 5.37. The van der Waals surface area contributed by atoms with E-state index in [-0.39, 0.29) is 0 Å². The number of unbranched alkanes of at least 4 members (excludes halogenated alkanes) is 1. The molecule has 1 unspecified atom stereocenters. The highest BCUT2D eigenvalue weighted by Crippen LogP contribution is 2.02. The van der Waals surface area contributed by atoms with Crippen LogP contribution in [0.15, 0.2) is 18.5 Å². The third-order valence-corrected chi connectivity index (χ3v) is 2.61. The van der Waals surface area contributed by atoms with E-state index in [1.54, 1.807) is 30.2 Å². The number of aliphatic carboxylic acids is 1. The van der Waals surface area contributed by atoms with Crippen LogP contribution in [0.5, 0.6) is 0 Å². The Balaban J connectivity index is 2.52. The fraction of sp³-hybridized carbons (Fsp3) is 0.462. The summed E-state index contributed by atoms with van der Waals surface area (Å²) >= 11 is 0. The van der Waals surface area contributed by atoms with Crippen molar-refractivity contribution in [1.82, 2.24) is 15.1 Å². The highest BCUT2D eigenvalue weighted by Gasteiger charge is 2.17. The van der Waals surface area contributed by atoms with E-state index in [0.717, 1.165) is 18.4 Å². The van der Waals surface area contributed by atoms with Gasteiger partial charge in [-0.25, -0.2) is 4.79 Å². The minimum atomic E-state index is -1.00. The molecule has 104 valence electrons. The predicted molar refractivity (Wildman–Crippen MR) is 71.3 cm³/mol. The molecule has 1 heterocycles. The Hall–Kier alpha value is -2.11. The molecule has 0 saturated heterocycles. The molecule has 1 atom stereocenters. The van der Waals surface area contributed by atoms with E-state index in [1.165, 1.54) is 6.08 Å². The van der Waals surface area contributed by atoms with Crippen LogP contribution in [-0.2, 0) is 16.6 Å². The zero-order chi connectivity index (χ0) is 14.3. The fourth-order valence-electron chi connectivity index (χ4n) is 1.58. The van der Waals surface area contributed by atoms with Crippen LogP contribution in [0.1, 0.15) is 31.7 Å². The van der Waals surface area contributed by atoms with E-state index in [9.17, 15) is 9.59 Å². The number of hydrogen-bond donors (Lipinski definition) is 2. The van der Waals surface area contributed by atoms with E-state index in [1.807, 2.05) is 6.92 Å². The van der Waals surface area contributed by atoms with Crippen molar-refractivity contribution < 1.29 is 14.7 Å².